The number of fused-ring (bicyclic) bond motifs is 1. The van der Waals surface area contributed by atoms with Crippen LogP contribution in [0.3, 0.4) is 0 Å². The summed E-state index contributed by atoms with van der Waals surface area (Å²) in [4.78, 5) is 16.9. The summed E-state index contributed by atoms with van der Waals surface area (Å²) in [6.45, 7) is 2.06. The molecule has 1 unspecified atom stereocenters. The molecular formula is C21H30N2O3. The lowest BCUT2D eigenvalue weighted by molar-refractivity contribution is -0.130. The molecule has 2 heterocycles. The van der Waals surface area contributed by atoms with Gasteiger partial charge < -0.3 is 19.3 Å². The Bertz CT molecular complexity index is 692. The van der Waals surface area contributed by atoms with Gasteiger partial charge in [0.1, 0.15) is 0 Å². The van der Waals surface area contributed by atoms with Crippen LogP contribution in [0, 0.1) is 0 Å². The summed E-state index contributed by atoms with van der Waals surface area (Å²) >= 11 is 0. The molecule has 2 saturated heterocycles. The minimum Gasteiger partial charge on any atom is -0.493 e. The van der Waals surface area contributed by atoms with Gasteiger partial charge in [0.2, 0.25) is 5.91 Å². The summed E-state index contributed by atoms with van der Waals surface area (Å²) in [5.41, 5.74) is 1.52. The van der Waals surface area contributed by atoms with Crippen LogP contribution in [0.15, 0.2) is 18.2 Å². The number of ether oxygens (including phenoxy) is 2. The number of hydrogen-bond donors (Lipinski definition) is 0. The van der Waals surface area contributed by atoms with Crippen LogP contribution in [-0.2, 0) is 10.2 Å². The Morgan fingerprint density at radius 3 is 2.62 bits per heavy atom. The molecule has 2 aliphatic heterocycles. The van der Waals surface area contributed by atoms with Gasteiger partial charge in [0, 0.05) is 30.5 Å². The van der Waals surface area contributed by atoms with E-state index in [-0.39, 0.29) is 5.41 Å². The van der Waals surface area contributed by atoms with Crippen molar-refractivity contribution in [1.29, 1.82) is 0 Å². The van der Waals surface area contributed by atoms with Crippen molar-refractivity contribution in [3.05, 3.63) is 23.8 Å². The van der Waals surface area contributed by atoms with E-state index in [2.05, 4.69) is 29.0 Å². The molecule has 0 bridgehead atoms. The number of amides is 1. The molecule has 1 aliphatic carbocycles. The van der Waals surface area contributed by atoms with E-state index < -0.39 is 0 Å². The number of nitrogens with zero attached hydrogens (tertiary/aromatic N) is 2. The maximum atomic E-state index is 12.2. The summed E-state index contributed by atoms with van der Waals surface area (Å²) < 4.78 is 11.0. The van der Waals surface area contributed by atoms with Crippen LogP contribution in [0.2, 0.25) is 0 Å². The van der Waals surface area contributed by atoms with Gasteiger partial charge in [0.25, 0.3) is 0 Å². The number of carbonyl (C=O) groups is 1. The van der Waals surface area contributed by atoms with Crippen molar-refractivity contribution in [3.8, 4) is 11.5 Å². The standard InChI is InChI=1S/C21H30N2O3/c1-22-12-10-21(15-6-7-17(25-2)18(13-15)26-3)9-8-16(14-19(21)22)23-11-4-5-20(23)24/h6-7,13,16,19H,4-5,8-12,14H2,1-3H3/t16?,19-,21-/m0/s1. The maximum Gasteiger partial charge on any atom is 0.222 e. The molecule has 3 fully saturated rings. The normalized spacial score (nSPS) is 32.0. The van der Waals surface area contributed by atoms with E-state index >= 15 is 0 Å². The molecule has 0 N–H and O–H groups in total. The monoisotopic (exact) mass is 358 g/mol. The highest BCUT2D eigenvalue weighted by atomic mass is 16.5. The molecule has 0 spiro atoms. The molecule has 5 heteroatoms. The van der Waals surface area contributed by atoms with Crippen molar-refractivity contribution in [1.82, 2.24) is 9.80 Å². The number of methoxy groups -OCH3 is 2. The molecule has 142 valence electrons. The SMILES string of the molecule is COc1ccc([C@@]23CCC(N4CCCC4=O)C[C@@H]2N(C)CC3)cc1OC. The Labute approximate surface area is 156 Å². The maximum absolute atomic E-state index is 12.2. The van der Waals surface area contributed by atoms with Gasteiger partial charge in [-0.2, -0.15) is 0 Å². The molecule has 3 atom stereocenters. The summed E-state index contributed by atoms with van der Waals surface area (Å²) in [6, 6.07) is 7.31. The molecule has 3 aliphatic rings. The van der Waals surface area contributed by atoms with Gasteiger partial charge in [-0.25, -0.2) is 0 Å². The number of likely N-dealkylation sites (tertiary alicyclic amines) is 2. The average molecular weight is 358 g/mol. The highest BCUT2D eigenvalue weighted by molar-refractivity contribution is 5.78. The molecule has 5 nitrogen and oxygen atoms in total. The van der Waals surface area contributed by atoms with Gasteiger partial charge in [0.15, 0.2) is 11.5 Å². The van der Waals surface area contributed by atoms with Crippen molar-refractivity contribution >= 4 is 5.91 Å². The fraction of sp³-hybridized carbons (Fsp3) is 0.667. The Balaban J connectivity index is 1.64. The van der Waals surface area contributed by atoms with Gasteiger partial charge in [-0.05, 0) is 63.4 Å². The van der Waals surface area contributed by atoms with E-state index in [1.54, 1.807) is 14.2 Å². The lowest BCUT2D eigenvalue weighted by Gasteiger charge is -2.47. The lowest BCUT2D eigenvalue weighted by atomic mass is 9.65. The number of hydrogen-bond acceptors (Lipinski definition) is 4. The van der Waals surface area contributed by atoms with Crippen molar-refractivity contribution in [3.63, 3.8) is 0 Å². The van der Waals surface area contributed by atoms with Gasteiger partial charge in [-0.3, -0.25) is 4.79 Å². The van der Waals surface area contributed by atoms with Crippen LogP contribution >= 0.6 is 0 Å². The minimum atomic E-state index is 0.160. The smallest absolute Gasteiger partial charge is 0.222 e. The van der Waals surface area contributed by atoms with E-state index in [0.717, 1.165) is 56.7 Å². The number of rotatable bonds is 4. The second kappa shape index (κ2) is 6.76. The van der Waals surface area contributed by atoms with E-state index in [1.807, 2.05) is 6.07 Å². The lowest BCUT2D eigenvalue weighted by Crippen LogP contribution is -2.52. The highest BCUT2D eigenvalue weighted by Gasteiger charge is 2.51. The predicted molar refractivity (Wildman–Crippen MR) is 101 cm³/mol. The van der Waals surface area contributed by atoms with Crippen molar-refractivity contribution in [2.75, 3.05) is 34.4 Å². The molecule has 4 rings (SSSR count). The van der Waals surface area contributed by atoms with E-state index in [9.17, 15) is 4.79 Å². The number of carbonyl (C=O) groups excluding carboxylic acids is 1. The molecule has 1 aromatic rings. The second-order valence-electron chi connectivity index (χ2n) is 8.09. The van der Waals surface area contributed by atoms with Crippen LogP contribution in [0.5, 0.6) is 11.5 Å². The molecular weight excluding hydrogens is 328 g/mol. The Kier molecular flexibility index (Phi) is 4.59. The van der Waals surface area contributed by atoms with Crippen molar-refractivity contribution in [2.45, 2.75) is 56.0 Å². The third-order valence-electron chi connectivity index (χ3n) is 7.01. The topological polar surface area (TPSA) is 42.0 Å². The van der Waals surface area contributed by atoms with Gasteiger partial charge >= 0.3 is 0 Å². The summed E-state index contributed by atoms with van der Waals surface area (Å²) in [5.74, 6) is 1.95. The molecule has 0 radical (unpaired) electrons. The Morgan fingerprint density at radius 1 is 1.12 bits per heavy atom. The van der Waals surface area contributed by atoms with Crippen LogP contribution < -0.4 is 9.47 Å². The van der Waals surface area contributed by atoms with Crippen LogP contribution in [0.25, 0.3) is 0 Å². The first-order valence-electron chi connectivity index (χ1n) is 9.81. The van der Waals surface area contributed by atoms with Crippen molar-refractivity contribution < 1.29 is 14.3 Å². The Morgan fingerprint density at radius 2 is 1.92 bits per heavy atom. The van der Waals surface area contributed by atoms with Crippen LogP contribution in [0.4, 0.5) is 0 Å². The number of likely N-dealkylation sites (N-methyl/N-ethyl adjacent to an activating group) is 1. The first-order valence-corrected chi connectivity index (χ1v) is 9.81. The average Bonchev–Trinajstić information content (AvgIpc) is 3.25. The molecule has 26 heavy (non-hydrogen) atoms. The molecule has 1 saturated carbocycles. The predicted octanol–water partition coefficient (Wildman–Crippen LogP) is 2.82. The zero-order valence-electron chi connectivity index (χ0n) is 16.2. The Hall–Kier alpha value is -1.75. The van der Waals surface area contributed by atoms with Crippen molar-refractivity contribution in [2.24, 2.45) is 0 Å². The summed E-state index contributed by atoms with van der Waals surface area (Å²) in [5, 5.41) is 0. The third kappa shape index (κ3) is 2.68. The summed E-state index contributed by atoms with van der Waals surface area (Å²) in [6.07, 6.45) is 6.24. The van der Waals surface area contributed by atoms with Crippen LogP contribution in [0.1, 0.15) is 44.1 Å². The number of benzene rings is 1. The van der Waals surface area contributed by atoms with E-state index in [4.69, 9.17) is 9.47 Å². The minimum absolute atomic E-state index is 0.160. The molecule has 1 aromatic carbocycles. The highest BCUT2D eigenvalue weighted by Crippen LogP contribution is 2.50. The molecule has 1 amide bonds. The van der Waals surface area contributed by atoms with Crippen LogP contribution in [-0.4, -0.2) is 62.1 Å². The van der Waals surface area contributed by atoms with E-state index in [0.29, 0.717) is 18.0 Å². The fourth-order valence-corrected chi connectivity index (χ4v) is 5.58. The third-order valence-corrected chi connectivity index (χ3v) is 7.01. The quantitative estimate of drug-likeness (QED) is 0.830. The first kappa shape index (κ1) is 17.7. The van der Waals surface area contributed by atoms with Gasteiger partial charge in [-0.1, -0.05) is 6.07 Å². The largest absolute Gasteiger partial charge is 0.493 e. The van der Waals surface area contributed by atoms with Gasteiger partial charge in [0.05, 0.1) is 14.2 Å². The molecule has 0 aromatic heterocycles. The second-order valence-corrected chi connectivity index (χ2v) is 8.09. The van der Waals surface area contributed by atoms with E-state index in [1.165, 1.54) is 12.0 Å². The fourth-order valence-electron chi connectivity index (χ4n) is 5.58. The zero-order valence-corrected chi connectivity index (χ0v) is 16.2. The first-order chi connectivity index (χ1) is 12.6. The summed E-state index contributed by atoms with van der Waals surface area (Å²) in [7, 11) is 5.62. The van der Waals surface area contributed by atoms with Gasteiger partial charge in [-0.15, -0.1) is 0 Å². The zero-order chi connectivity index (χ0) is 18.3.